The zero-order valence-corrected chi connectivity index (χ0v) is 30.3. The highest BCUT2D eigenvalue weighted by Gasteiger charge is 2.22. The first-order chi connectivity index (χ1) is 26.7. The lowest BCUT2D eigenvalue weighted by Gasteiger charge is -2.11. The average molecular weight is 710 g/mol. The van der Waals surface area contributed by atoms with Crippen LogP contribution in [0.1, 0.15) is 11.1 Å². The van der Waals surface area contributed by atoms with Crippen molar-refractivity contribution in [3.63, 3.8) is 0 Å². The zero-order valence-electron chi connectivity index (χ0n) is 29.5. The number of nitrogens with two attached hydrogens (primary N) is 1. The van der Waals surface area contributed by atoms with E-state index in [-0.39, 0.29) is 0 Å². The lowest BCUT2D eigenvalue weighted by Crippen LogP contribution is -2.06. The fourth-order valence-corrected chi connectivity index (χ4v) is 9.18. The fourth-order valence-electron chi connectivity index (χ4n) is 7.92. The van der Waals surface area contributed by atoms with Crippen LogP contribution in [0, 0.1) is 0 Å². The summed E-state index contributed by atoms with van der Waals surface area (Å²) in [5.41, 5.74) is 17.5. The van der Waals surface area contributed by atoms with Crippen LogP contribution < -0.4 is 5.73 Å². The summed E-state index contributed by atoms with van der Waals surface area (Å²) in [6, 6.07) is 64.6. The van der Waals surface area contributed by atoms with Crippen LogP contribution in [0.2, 0.25) is 0 Å². The summed E-state index contributed by atoms with van der Waals surface area (Å²) in [7, 11) is 0. The Balaban J connectivity index is 1.27. The van der Waals surface area contributed by atoms with Gasteiger partial charge in [-0.2, -0.15) is 0 Å². The second-order valence-electron chi connectivity index (χ2n) is 13.7. The second-order valence-corrected chi connectivity index (χ2v) is 14.7. The number of aromatic nitrogens is 1. The van der Waals surface area contributed by atoms with Gasteiger partial charge in [0, 0.05) is 42.0 Å². The minimum absolute atomic E-state index is 0.423. The Morgan fingerprint density at radius 1 is 0.519 bits per heavy atom. The Morgan fingerprint density at radius 3 is 1.74 bits per heavy atom. The Bertz CT molecular complexity index is 3050. The summed E-state index contributed by atoms with van der Waals surface area (Å²) in [5, 5.41) is 7.58. The van der Waals surface area contributed by atoms with Crippen molar-refractivity contribution < 1.29 is 0 Å². The fraction of sp³-hybridized carbons (Fsp3) is 0.0200. The number of thiophene rings is 1. The summed E-state index contributed by atoms with van der Waals surface area (Å²) in [6.45, 7) is 0.423. The van der Waals surface area contributed by atoms with Crippen molar-refractivity contribution in [2.24, 2.45) is 10.7 Å². The molecular weight excluding hydrogens is 675 g/mol. The van der Waals surface area contributed by atoms with Gasteiger partial charge in [-0.25, -0.2) is 0 Å². The molecule has 10 aromatic rings. The van der Waals surface area contributed by atoms with Gasteiger partial charge in [-0.1, -0.05) is 158 Å². The number of nitrogens with zero attached hydrogens (tertiary/aromatic N) is 2. The molecule has 0 fully saturated rings. The Hall–Kier alpha value is -6.75. The van der Waals surface area contributed by atoms with Gasteiger partial charge in [-0.05, 0) is 69.1 Å². The molecule has 256 valence electrons. The van der Waals surface area contributed by atoms with E-state index < -0.39 is 0 Å². The van der Waals surface area contributed by atoms with E-state index in [0.29, 0.717) is 12.4 Å². The maximum Gasteiger partial charge on any atom is 0.115 e. The molecule has 0 unspecified atom stereocenters. The summed E-state index contributed by atoms with van der Waals surface area (Å²) in [4.78, 5) is 5.38. The predicted octanol–water partition coefficient (Wildman–Crippen LogP) is 13.1. The number of hydrogen-bond donors (Lipinski definition) is 1. The number of fused-ring (bicyclic) bond motifs is 10. The normalized spacial score (nSPS) is 12.4. The zero-order chi connectivity index (χ0) is 36.0. The molecule has 2 heterocycles. The van der Waals surface area contributed by atoms with Gasteiger partial charge in [0.15, 0.2) is 0 Å². The topological polar surface area (TPSA) is 43.3 Å². The lowest BCUT2D eigenvalue weighted by atomic mass is 9.97. The molecule has 0 spiro atoms. The van der Waals surface area contributed by atoms with Crippen LogP contribution >= 0.6 is 11.3 Å². The number of benzene rings is 8. The molecule has 0 aliphatic heterocycles. The molecule has 2 aromatic heterocycles. The molecule has 0 amide bonds. The van der Waals surface area contributed by atoms with Crippen LogP contribution in [0.3, 0.4) is 0 Å². The summed E-state index contributed by atoms with van der Waals surface area (Å²) in [5.74, 6) is 0. The largest absolute Gasteiger partial charge is 0.398 e. The maximum atomic E-state index is 6.73. The van der Waals surface area contributed by atoms with Crippen LogP contribution in [0.25, 0.3) is 80.7 Å². The SMILES string of the molecule is N/C(=C\C(=N/Cn1c2ccc(-c3ccccc3)cc2c2c3sc4ccc(-c5ccccc5)cc4c3c3ccccc3c21)c1ccccc1)c1ccccc1. The van der Waals surface area contributed by atoms with Crippen molar-refractivity contribution in [3.8, 4) is 22.3 Å². The quantitative estimate of drug-likeness (QED) is 0.165. The molecule has 2 N–H and O–H groups in total. The molecule has 0 aliphatic rings. The maximum absolute atomic E-state index is 6.73. The Labute approximate surface area is 317 Å². The van der Waals surface area contributed by atoms with Gasteiger partial charge in [-0.15, -0.1) is 11.3 Å². The second kappa shape index (κ2) is 13.3. The molecule has 0 atom stereocenters. The highest BCUT2D eigenvalue weighted by atomic mass is 32.1. The lowest BCUT2D eigenvalue weighted by molar-refractivity contribution is 0.796. The number of hydrogen-bond acceptors (Lipinski definition) is 3. The van der Waals surface area contributed by atoms with Crippen molar-refractivity contribution in [1.82, 2.24) is 4.57 Å². The van der Waals surface area contributed by atoms with Crippen LogP contribution in [0.5, 0.6) is 0 Å². The van der Waals surface area contributed by atoms with Crippen molar-refractivity contribution >= 4 is 75.5 Å². The van der Waals surface area contributed by atoms with E-state index in [4.69, 9.17) is 10.7 Å². The third kappa shape index (κ3) is 5.47. The molecule has 54 heavy (non-hydrogen) atoms. The molecule has 0 bridgehead atoms. The molecule has 4 heteroatoms. The molecule has 0 saturated heterocycles. The first kappa shape index (κ1) is 31.9. The summed E-state index contributed by atoms with van der Waals surface area (Å²) < 4.78 is 5.00. The van der Waals surface area contributed by atoms with Crippen molar-refractivity contribution in [2.75, 3.05) is 0 Å². The van der Waals surface area contributed by atoms with E-state index >= 15 is 0 Å². The third-order valence-corrected chi connectivity index (χ3v) is 11.7. The molecule has 0 aliphatic carbocycles. The predicted molar refractivity (Wildman–Crippen MR) is 232 cm³/mol. The third-order valence-electron chi connectivity index (χ3n) is 10.5. The van der Waals surface area contributed by atoms with Crippen molar-refractivity contribution in [1.29, 1.82) is 0 Å². The minimum Gasteiger partial charge on any atom is -0.398 e. The van der Waals surface area contributed by atoms with Gasteiger partial charge < -0.3 is 10.3 Å². The van der Waals surface area contributed by atoms with Gasteiger partial charge >= 0.3 is 0 Å². The van der Waals surface area contributed by atoms with Crippen LogP contribution in [-0.2, 0) is 6.67 Å². The highest BCUT2D eigenvalue weighted by Crippen LogP contribution is 2.48. The van der Waals surface area contributed by atoms with Gasteiger partial charge in [-0.3, -0.25) is 4.99 Å². The molecule has 3 nitrogen and oxygen atoms in total. The van der Waals surface area contributed by atoms with E-state index in [1.165, 1.54) is 69.5 Å². The first-order valence-electron chi connectivity index (χ1n) is 18.3. The number of rotatable bonds is 7. The van der Waals surface area contributed by atoms with Gasteiger partial charge in [0.1, 0.15) is 6.67 Å². The van der Waals surface area contributed by atoms with Gasteiger partial charge in [0.05, 0.1) is 16.7 Å². The standard InChI is InChI=1S/C50H35N3S/c51-43(35-19-9-3-10-20-35)31-44(36-21-11-4-12-22-36)52-32-53-45-27-25-37(33-15-5-1-6-16-33)29-41(45)48-49(53)40-24-14-13-23-39(40)47-42-30-38(34-17-7-2-8-18-34)26-28-46(42)54-50(47)48/h1-31H,32,51H2/b43-31-,52-44+. The molecule has 0 saturated carbocycles. The van der Waals surface area contributed by atoms with Gasteiger partial charge in [0.25, 0.3) is 0 Å². The van der Waals surface area contributed by atoms with Crippen LogP contribution in [0.15, 0.2) is 193 Å². The Morgan fingerprint density at radius 2 is 1.07 bits per heavy atom. The summed E-state index contributed by atoms with van der Waals surface area (Å²) in [6.07, 6.45) is 2.01. The van der Waals surface area contributed by atoms with Crippen LogP contribution in [-0.4, -0.2) is 10.3 Å². The van der Waals surface area contributed by atoms with E-state index in [1.807, 2.05) is 53.8 Å². The highest BCUT2D eigenvalue weighted by molar-refractivity contribution is 7.27. The molecule has 8 aromatic carbocycles. The van der Waals surface area contributed by atoms with E-state index in [2.05, 4.69) is 150 Å². The summed E-state index contributed by atoms with van der Waals surface area (Å²) >= 11 is 1.89. The molecule has 0 radical (unpaired) electrons. The monoisotopic (exact) mass is 709 g/mol. The average Bonchev–Trinajstić information content (AvgIpc) is 3.79. The van der Waals surface area contributed by atoms with Crippen molar-refractivity contribution in [3.05, 3.63) is 199 Å². The van der Waals surface area contributed by atoms with E-state index in [9.17, 15) is 0 Å². The van der Waals surface area contributed by atoms with Gasteiger partial charge in [0.2, 0.25) is 0 Å². The smallest absolute Gasteiger partial charge is 0.115 e. The van der Waals surface area contributed by atoms with E-state index in [1.54, 1.807) is 0 Å². The minimum atomic E-state index is 0.423. The molecular formula is C50H35N3S. The molecule has 10 rings (SSSR count). The number of allylic oxidation sites excluding steroid dienone is 1. The van der Waals surface area contributed by atoms with E-state index in [0.717, 1.165) is 22.4 Å². The Kier molecular flexibility index (Phi) is 7.89. The first-order valence-corrected chi connectivity index (χ1v) is 19.1. The number of aliphatic imine (C=N–C) groups is 1. The van der Waals surface area contributed by atoms with Crippen LogP contribution in [0.4, 0.5) is 0 Å². The van der Waals surface area contributed by atoms with Crippen molar-refractivity contribution in [2.45, 2.75) is 6.67 Å².